The van der Waals surface area contributed by atoms with Crippen LogP contribution < -0.4 is 5.32 Å². The Morgan fingerprint density at radius 3 is 2.95 bits per heavy atom. The maximum Gasteiger partial charge on any atom is 0.137 e. The first kappa shape index (κ1) is 13.1. The summed E-state index contributed by atoms with van der Waals surface area (Å²) in [4.78, 5) is 3.95. The van der Waals surface area contributed by atoms with E-state index in [1.165, 1.54) is 5.56 Å². The Hall–Kier alpha value is -1.88. The second kappa shape index (κ2) is 4.90. The second-order valence-electron chi connectivity index (χ2n) is 6.06. The van der Waals surface area contributed by atoms with E-state index in [9.17, 15) is 5.11 Å². The van der Waals surface area contributed by atoms with E-state index in [0.29, 0.717) is 12.6 Å². The third kappa shape index (κ3) is 2.41. The van der Waals surface area contributed by atoms with Crippen molar-refractivity contribution in [2.45, 2.75) is 39.0 Å². The van der Waals surface area contributed by atoms with Crippen molar-refractivity contribution in [3.8, 4) is 0 Å². The summed E-state index contributed by atoms with van der Waals surface area (Å²) in [5.41, 5.74) is 2.20. The number of hydrogen-bond donors (Lipinski definition) is 2. The molecule has 5 nitrogen and oxygen atoms in total. The van der Waals surface area contributed by atoms with Crippen molar-refractivity contribution in [3.63, 3.8) is 0 Å². The van der Waals surface area contributed by atoms with Gasteiger partial charge in [0, 0.05) is 17.1 Å². The third-order valence-corrected chi connectivity index (χ3v) is 4.29. The zero-order chi connectivity index (χ0) is 14.2. The number of aliphatic hydroxyl groups is 1. The molecule has 1 aliphatic rings. The molecule has 2 unspecified atom stereocenters. The first-order chi connectivity index (χ1) is 9.55. The van der Waals surface area contributed by atoms with E-state index in [-0.39, 0.29) is 11.5 Å². The monoisotopic (exact) mass is 272 g/mol. The van der Waals surface area contributed by atoms with Gasteiger partial charge >= 0.3 is 0 Å². The van der Waals surface area contributed by atoms with Crippen LogP contribution in [0.25, 0.3) is 0 Å². The number of aromatic nitrogens is 3. The van der Waals surface area contributed by atoms with E-state index in [1.54, 1.807) is 17.3 Å². The van der Waals surface area contributed by atoms with Gasteiger partial charge in [0.25, 0.3) is 0 Å². The highest BCUT2D eigenvalue weighted by Gasteiger charge is 2.47. The summed E-state index contributed by atoms with van der Waals surface area (Å²) < 4.78 is 1.80. The van der Waals surface area contributed by atoms with Crippen molar-refractivity contribution in [1.82, 2.24) is 14.8 Å². The fraction of sp³-hybridized carbons (Fsp3) is 0.467. The lowest BCUT2D eigenvalue weighted by atomic mass is 9.64. The quantitative estimate of drug-likeness (QED) is 0.892. The van der Waals surface area contributed by atoms with Gasteiger partial charge in [0.05, 0.1) is 12.6 Å². The predicted molar refractivity (Wildman–Crippen MR) is 77.4 cm³/mol. The van der Waals surface area contributed by atoms with Crippen molar-refractivity contribution < 1.29 is 5.11 Å². The molecule has 0 aliphatic heterocycles. The smallest absolute Gasteiger partial charge is 0.137 e. The molecule has 0 radical (unpaired) electrons. The van der Waals surface area contributed by atoms with Gasteiger partial charge in [0.1, 0.15) is 12.7 Å². The van der Waals surface area contributed by atoms with E-state index in [0.717, 1.165) is 12.1 Å². The average molecular weight is 272 g/mol. The number of nitrogens with one attached hydrogen (secondary N) is 1. The highest BCUT2D eigenvalue weighted by molar-refractivity contribution is 5.47. The molecule has 20 heavy (non-hydrogen) atoms. The Labute approximate surface area is 118 Å². The van der Waals surface area contributed by atoms with Crippen LogP contribution in [0.5, 0.6) is 0 Å². The van der Waals surface area contributed by atoms with Crippen molar-refractivity contribution in [2.24, 2.45) is 5.41 Å². The van der Waals surface area contributed by atoms with E-state index < -0.39 is 0 Å². The molecule has 106 valence electrons. The van der Waals surface area contributed by atoms with Gasteiger partial charge in [-0.1, -0.05) is 26.0 Å². The minimum atomic E-state index is -0.210. The van der Waals surface area contributed by atoms with Gasteiger partial charge in [0.2, 0.25) is 0 Å². The Morgan fingerprint density at radius 2 is 2.30 bits per heavy atom. The Morgan fingerprint density at radius 1 is 1.45 bits per heavy atom. The minimum Gasteiger partial charge on any atom is -0.392 e. The molecule has 3 rings (SSSR count). The number of anilines is 1. The lowest BCUT2D eigenvalue weighted by molar-refractivity contribution is -0.0510. The summed E-state index contributed by atoms with van der Waals surface area (Å²) in [7, 11) is 0. The molecular formula is C15H20N4O. The topological polar surface area (TPSA) is 63.0 Å². The average Bonchev–Trinajstić information content (AvgIpc) is 2.92. The Kier molecular flexibility index (Phi) is 3.22. The van der Waals surface area contributed by atoms with Gasteiger partial charge in [-0.05, 0) is 24.1 Å². The lowest BCUT2D eigenvalue weighted by Gasteiger charge is -2.49. The molecule has 1 fully saturated rings. The van der Waals surface area contributed by atoms with Crippen LogP contribution in [0.4, 0.5) is 5.69 Å². The first-order valence-electron chi connectivity index (χ1n) is 6.91. The van der Waals surface area contributed by atoms with Crippen molar-refractivity contribution >= 4 is 5.69 Å². The predicted octanol–water partition coefficient (Wildman–Crippen LogP) is 1.90. The maximum absolute atomic E-state index is 9.79. The van der Waals surface area contributed by atoms with E-state index >= 15 is 0 Å². The first-order valence-corrected chi connectivity index (χ1v) is 6.91. The minimum absolute atomic E-state index is 0.0676. The number of hydrogen-bond acceptors (Lipinski definition) is 4. The van der Waals surface area contributed by atoms with Crippen LogP contribution in [-0.4, -0.2) is 32.0 Å². The van der Waals surface area contributed by atoms with Crippen LogP contribution >= 0.6 is 0 Å². The number of nitrogens with zero attached hydrogens (tertiary/aromatic N) is 3. The van der Waals surface area contributed by atoms with Crippen LogP contribution in [0.2, 0.25) is 0 Å². The van der Waals surface area contributed by atoms with Crippen molar-refractivity contribution in [3.05, 3.63) is 42.5 Å². The molecule has 1 aromatic heterocycles. The summed E-state index contributed by atoms with van der Waals surface area (Å²) in [5, 5.41) is 17.4. The fourth-order valence-electron chi connectivity index (χ4n) is 2.61. The van der Waals surface area contributed by atoms with Crippen molar-refractivity contribution in [1.29, 1.82) is 0 Å². The molecule has 0 bridgehead atoms. The number of benzene rings is 1. The highest BCUT2D eigenvalue weighted by atomic mass is 16.3. The number of rotatable bonds is 4. The molecule has 2 atom stereocenters. The van der Waals surface area contributed by atoms with Gasteiger partial charge in [-0.3, -0.25) is 0 Å². The van der Waals surface area contributed by atoms with E-state index in [4.69, 9.17) is 0 Å². The molecule has 1 aromatic carbocycles. The third-order valence-electron chi connectivity index (χ3n) is 4.29. The zero-order valence-corrected chi connectivity index (χ0v) is 11.8. The van der Waals surface area contributed by atoms with Gasteiger partial charge in [-0.25, -0.2) is 9.67 Å². The molecule has 0 spiro atoms. The lowest BCUT2D eigenvalue weighted by Crippen LogP contribution is -2.56. The van der Waals surface area contributed by atoms with Crippen LogP contribution in [0, 0.1) is 5.41 Å². The molecule has 5 heteroatoms. The molecular weight excluding hydrogens is 252 g/mol. The molecule has 1 heterocycles. The fourth-order valence-corrected chi connectivity index (χ4v) is 2.61. The van der Waals surface area contributed by atoms with Crippen molar-refractivity contribution in [2.75, 3.05) is 5.32 Å². The summed E-state index contributed by atoms with van der Waals surface area (Å²) in [6.07, 6.45) is 3.85. The van der Waals surface area contributed by atoms with E-state index in [2.05, 4.69) is 47.4 Å². The SMILES string of the molecule is CC1(C)C(O)CC1Nc1cccc(Cn2cncn2)c1. The van der Waals surface area contributed by atoms with Crippen LogP contribution in [0.1, 0.15) is 25.8 Å². The van der Waals surface area contributed by atoms with Gasteiger partial charge < -0.3 is 10.4 Å². The van der Waals surface area contributed by atoms with Gasteiger partial charge in [-0.2, -0.15) is 5.10 Å². The van der Waals surface area contributed by atoms with Crippen LogP contribution in [0.3, 0.4) is 0 Å². The molecule has 2 N–H and O–H groups in total. The molecule has 2 aromatic rings. The zero-order valence-electron chi connectivity index (χ0n) is 11.8. The molecule has 0 saturated heterocycles. The molecule has 1 aliphatic carbocycles. The standard InChI is InChI=1S/C15H20N4O/c1-15(2)13(7-14(15)20)18-12-5-3-4-11(6-12)8-19-10-16-9-17-19/h3-6,9-10,13-14,18,20H,7-8H2,1-2H3. The molecule has 0 amide bonds. The second-order valence-corrected chi connectivity index (χ2v) is 6.06. The largest absolute Gasteiger partial charge is 0.392 e. The Bertz CT molecular complexity index is 579. The highest BCUT2D eigenvalue weighted by Crippen LogP contribution is 2.42. The van der Waals surface area contributed by atoms with Gasteiger partial charge in [0.15, 0.2) is 0 Å². The molecule has 1 saturated carbocycles. The van der Waals surface area contributed by atoms with Gasteiger partial charge in [-0.15, -0.1) is 0 Å². The van der Waals surface area contributed by atoms with Crippen LogP contribution in [0.15, 0.2) is 36.9 Å². The normalized spacial score (nSPS) is 24.1. The van der Waals surface area contributed by atoms with E-state index in [1.807, 2.05) is 6.07 Å². The summed E-state index contributed by atoms with van der Waals surface area (Å²) in [5.74, 6) is 0. The summed E-state index contributed by atoms with van der Waals surface area (Å²) in [6.45, 7) is 4.91. The maximum atomic E-state index is 9.79. The Balaban J connectivity index is 1.69. The summed E-state index contributed by atoms with van der Waals surface area (Å²) in [6, 6.07) is 8.62. The summed E-state index contributed by atoms with van der Waals surface area (Å²) >= 11 is 0. The number of aliphatic hydroxyl groups excluding tert-OH is 1. The van der Waals surface area contributed by atoms with Crippen LogP contribution in [-0.2, 0) is 6.54 Å².